The Balaban J connectivity index is 1.54. The van der Waals surface area contributed by atoms with Crippen molar-refractivity contribution in [3.63, 3.8) is 0 Å². The van der Waals surface area contributed by atoms with Crippen LogP contribution >= 0.6 is 23.2 Å². The number of hydrogen-bond donors (Lipinski definition) is 7. The first-order chi connectivity index (χ1) is 22.6. The fourth-order valence-electron chi connectivity index (χ4n) is 4.72. The zero-order valence-corrected chi connectivity index (χ0v) is 26.2. The zero-order valence-electron chi connectivity index (χ0n) is 24.7. The lowest BCUT2D eigenvalue weighted by Crippen LogP contribution is -2.68. The average Bonchev–Trinajstić information content (AvgIpc) is 3.51. The fraction of sp³-hybridized carbons (Fsp3) is 0.393. The van der Waals surface area contributed by atoms with Crippen LogP contribution in [0, 0.1) is 0 Å². The monoisotopic (exact) mass is 719 g/mol. The van der Waals surface area contributed by atoms with E-state index in [2.05, 4.69) is 20.9 Å². The summed E-state index contributed by atoms with van der Waals surface area (Å²) in [6.07, 6.45) is -11.4. The number of aliphatic carboxylic acids is 1. The Bertz CT molecular complexity index is 1650. The third-order valence-corrected chi connectivity index (χ3v) is 7.56. The number of nitrogens with one attached hydrogen (secondary N) is 2. The average molecular weight is 720 g/mol. The van der Waals surface area contributed by atoms with E-state index in [9.17, 15) is 48.7 Å². The highest BCUT2D eigenvalue weighted by Gasteiger charge is 2.57. The normalized spacial score (nSPS) is 22.1. The number of aliphatic hydroxyl groups is 4. The summed E-state index contributed by atoms with van der Waals surface area (Å²) in [5.74, 6) is -6.22. The number of hydrogen-bond acceptors (Lipinski definition) is 12. The number of aliphatic hydroxyl groups excluding tert-OH is 4. The maximum absolute atomic E-state index is 14.3. The minimum absolute atomic E-state index is 0.00728. The molecule has 1 aromatic heterocycles. The predicted molar refractivity (Wildman–Crippen MR) is 160 cm³/mol. The molecule has 0 bridgehead atoms. The molecule has 2 aromatic carbocycles. The van der Waals surface area contributed by atoms with Crippen LogP contribution in [0.4, 0.5) is 19.3 Å². The van der Waals surface area contributed by atoms with Crippen molar-refractivity contribution in [2.24, 2.45) is 0 Å². The van der Waals surface area contributed by atoms with Crippen molar-refractivity contribution in [3.8, 4) is 11.4 Å². The molecule has 3 aromatic rings. The second-order valence-electron chi connectivity index (χ2n) is 10.5. The molecule has 2 heterocycles. The molecule has 0 spiro atoms. The Kier molecular flexibility index (Phi) is 11.7. The lowest BCUT2D eigenvalue weighted by atomic mass is 9.88. The number of carbonyl (C=O) groups is 3. The van der Waals surface area contributed by atoms with Crippen LogP contribution in [0.25, 0.3) is 5.69 Å². The van der Waals surface area contributed by atoms with E-state index >= 15 is 0 Å². The van der Waals surface area contributed by atoms with Gasteiger partial charge in [0.2, 0.25) is 5.91 Å². The second kappa shape index (κ2) is 15.4. The van der Waals surface area contributed by atoms with E-state index in [-0.39, 0.29) is 28.7 Å². The third kappa shape index (κ3) is 8.45. The van der Waals surface area contributed by atoms with Crippen LogP contribution in [0.5, 0.6) is 5.75 Å². The Labute approximate surface area is 279 Å². The summed E-state index contributed by atoms with van der Waals surface area (Å²) in [6, 6.07) is 5.99. The van der Waals surface area contributed by atoms with Crippen LogP contribution in [0.2, 0.25) is 10.0 Å². The SMILES string of the molecule is CC(=O)N[C@H]1[C@H]([C@H](O)[C@H](O)CO)O[C@@](Oc2ccc(-n3cc(COC(=O)Nc4ccc(Cl)cc4Cl)nn3)cc2C(F)F)(C(=O)O)C[C@@H]1O. The maximum atomic E-state index is 14.3. The van der Waals surface area contributed by atoms with Gasteiger partial charge in [-0.2, -0.15) is 0 Å². The van der Waals surface area contributed by atoms with Crippen LogP contribution in [0.3, 0.4) is 0 Å². The standard InChI is InChI=1S/C28H29Cl2F2N5O11/c1-12(39)33-22-19(40)8-28(26(43)44,48-24(22)23(42)20(41)10-38)47-21-5-3-15(7-16(21)25(31)32)37-9-14(35-36-37)11-46-27(45)34-18-4-2-13(29)6-17(18)30/h2-7,9,19-20,22-25,38,40-42H,8,10-11H2,1H3,(H,33,39)(H,34,45)(H,43,44)/t19-,20+,22+,23+,24+,28+/m0/s1. The van der Waals surface area contributed by atoms with Gasteiger partial charge in [-0.3, -0.25) is 10.1 Å². The Morgan fingerprint density at radius 3 is 2.54 bits per heavy atom. The summed E-state index contributed by atoms with van der Waals surface area (Å²) in [4.78, 5) is 36.4. The van der Waals surface area contributed by atoms with Crippen molar-refractivity contribution in [3.05, 3.63) is 63.9 Å². The maximum Gasteiger partial charge on any atom is 0.412 e. The minimum atomic E-state index is -3.25. The molecule has 2 amide bonds. The summed E-state index contributed by atoms with van der Waals surface area (Å²) in [5, 5.41) is 63.6. The number of aromatic nitrogens is 3. The smallest absolute Gasteiger partial charge is 0.412 e. The summed E-state index contributed by atoms with van der Waals surface area (Å²) < 4.78 is 45.7. The van der Waals surface area contributed by atoms with Gasteiger partial charge in [-0.1, -0.05) is 28.4 Å². The van der Waals surface area contributed by atoms with Gasteiger partial charge < -0.3 is 45.1 Å². The van der Waals surface area contributed by atoms with Crippen molar-refractivity contribution in [1.29, 1.82) is 0 Å². The van der Waals surface area contributed by atoms with Gasteiger partial charge in [0.15, 0.2) is 0 Å². The molecule has 0 radical (unpaired) electrons. The van der Waals surface area contributed by atoms with E-state index in [1.807, 2.05) is 0 Å². The lowest BCUT2D eigenvalue weighted by molar-refractivity contribution is -0.284. The molecule has 1 saturated heterocycles. The molecule has 48 heavy (non-hydrogen) atoms. The van der Waals surface area contributed by atoms with E-state index < -0.39 is 85.0 Å². The summed E-state index contributed by atoms with van der Waals surface area (Å²) in [7, 11) is 0. The van der Waals surface area contributed by atoms with E-state index in [4.69, 9.17) is 37.4 Å². The fourth-order valence-corrected chi connectivity index (χ4v) is 5.17. The molecule has 6 atom stereocenters. The van der Waals surface area contributed by atoms with Crippen LogP contribution in [0.15, 0.2) is 42.6 Å². The first-order valence-corrected chi connectivity index (χ1v) is 14.6. The third-order valence-electron chi connectivity index (χ3n) is 7.01. The van der Waals surface area contributed by atoms with Crippen molar-refractivity contribution in [1.82, 2.24) is 20.3 Å². The van der Waals surface area contributed by atoms with Crippen LogP contribution < -0.4 is 15.4 Å². The van der Waals surface area contributed by atoms with E-state index in [1.54, 1.807) is 0 Å². The van der Waals surface area contributed by atoms with Gasteiger partial charge in [-0.15, -0.1) is 5.10 Å². The Hall–Kier alpha value is -4.17. The number of amides is 2. The quantitative estimate of drug-likeness (QED) is 0.142. The molecule has 0 unspecified atom stereocenters. The van der Waals surface area contributed by atoms with Gasteiger partial charge in [0.25, 0.3) is 6.43 Å². The zero-order chi connectivity index (χ0) is 35.3. The number of rotatable bonds is 12. The van der Waals surface area contributed by atoms with E-state index in [0.29, 0.717) is 5.02 Å². The molecule has 1 aliphatic heterocycles. The Morgan fingerprint density at radius 2 is 1.92 bits per heavy atom. The lowest BCUT2D eigenvalue weighted by Gasteiger charge is -2.46. The molecule has 4 rings (SSSR count). The highest BCUT2D eigenvalue weighted by molar-refractivity contribution is 6.36. The molecule has 7 N–H and O–H groups in total. The van der Waals surface area contributed by atoms with Crippen molar-refractivity contribution >= 4 is 46.9 Å². The first-order valence-electron chi connectivity index (χ1n) is 13.9. The molecule has 0 aliphatic carbocycles. The topological polar surface area (TPSA) is 235 Å². The number of carboxylic acids is 1. The predicted octanol–water partition coefficient (Wildman–Crippen LogP) is 1.79. The number of nitrogens with zero attached hydrogens (tertiary/aromatic N) is 3. The number of benzene rings is 2. The first kappa shape index (κ1) is 36.7. The van der Waals surface area contributed by atoms with Crippen LogP contribution in [0.1, 0.15) is 31.0 Å². The number of carboxylic acid groups (broad SMARTS) is 1. The Morgan fingerprint density at radius 1 is 1.19 bits per heavy atom. The molecule has 1 fully saturated rings. The second-order valence-corrected chi connectivity index (χ2v) is 11.3. The number of carbonyl (C=O) groups excluding carboxylic acids is 2. The molecule has 260 valence electrons. The van der Waals surface area contributed by atoms with Crippen molar-refractivity contribution in [2.45, 2.75) is 62.6 Å². The van der Waals surface area contributed by atoms with Gasteiger partial charge in [0.1, 0.15) is 36.4 Å². The van der Waals surface area contributed by atoms with Crippen LogP contribution in [-0.2, 0) is 25.7 Å². The highest BCUT2D eigenvalue weighted by atomic mass is 35.5. The van der Waals surface area contributed by atoms with E-state index in [0.717, 1.165) is 23.7 Å². The number of ether oxygens (including phenoxy) is 3. The highest BCUT2D eigenvalue weighted by Crippen LogP contribution is 2.39. The van der Waals surface area contributed by atoms with E-state index in [1.165, 1.54) is 30.5 Å². The van der Waals surface area contributed by atoms with Gasteiger partial charge in [0.05, 0.1) is 53.3 Å². The van der Waals surface area contributed by atoms with Gasteiger partial charge in [-0.05, 0) is 36.4 Å². The summed E-state index contributed by atoms with van der Waals surface area (Å²) >= 11 is 11.9. The summed E-state index contributed by atoms with van der Waals surface area (Å²) in [5.41, 5.74) is -0.483. The van der Waals surface area contributed by atoms with Gasteiger partial charge >= 0.3 is 17.8 Å². The van der Waals surface area contributed by atoms with Crippen LogP contribution in [-0.4, -0.2) is 101 Å². The summed E-state index contributed by atoms with van der Waals surface area (Å²) in [6.45, 7) is -0.326. The minimum Gasteiger partial charge on any atom is -0.476 e. The molecule has 1 aliphatic rings. The molecule has 20 heteroatoms. The number of halogens is 4. The van der Waals surface area contributed by atoms with Crippen molar-refractivity contribution in [2.75, 3.05) is 11.9 Å². The molecular weight excluding hydrogens is 691 g/mol. The number of alkyl halides is 2. The van der Waals surface area contributed by atoms with Gasteiger partial charge in [0, 0.05) is 11.9 Å². The molecule has 0 saturated carbocycles. The number of anilines is 1. The van der Waals surface area contributed by atoms with Gasteiger partial charge in [-0.25, -0.2) is 23.1 Å². The molecule has 16 nitrogen and oxygen atoms in total. The molecular formula is C28H29Cl2F2N5O11. The largest absolute Gasteiger partial charge is 0.476 e. The van der Waals surface area contributed by atoms with Crippen molar-refractivity contribution < 1.29 is 62.9 Å².